The van der Waals surface area contributed by atoms with Gasteiger partial charge in [-0.05, 0) is 19.9 Å². The van der Waals surface area contributed by atoms with Gasteiger partial charge in [-0.25, -0.2) is 14.6 Å². The van der Waals surface area contributed by atoms with Crippen molar-refractivity contribution < 1.29 is 4.74 Å². The Morgan fingerprint density at radius 1 is 1.24 bits per heavy atom. The van der Waals surface area contributed by atoms with Crippen LogP contribution in [0, 0.1) is 13.8 Å². The molecule has 4 rings (SSSR count). The van der Waals surface area contributed by atoms with Gasteiger partial charge in [0.05, 0.1) is 30.2 Å². The second kappa shape index (κ2) is 6.25. The number of nitrogens with one attached hydrogen (secondary N) is 1. The molecule has 3 aromatic rings. The minimum absolute atomic E-state index is 0.0254. The first-order chi connectivity index (χ1) is 12.2. The molecule has 0 radical (unpaired) electrons. The van der Waals surface area contributed by atoms with Crippen LogP contribution in [0.25, 0.3) is 5.82 Å². The zero-order valence-corrected chi connectivity index (χ0v) is 14.4. The lowest BCUT2D eigenvalue weighted by Crippen LogP contribution is -2.26. The van der Waals surface area contributed by atoms with Crippen LogP contribution in [0.4, 0.5) is 5.82 Å². The third kappa shape index (κ3) is 2.86. The molecule has 9 nitrogen and oxygen atoms in total. The maximum absolute atomic E-state index is 5.56. The standard InChI is InChI=1S/C16H20N8O/c1-10-4-11(2)24(22-10)15-7-17-6-14(20-15)23-8-12(25-3)5-13(23)16-18-9-19-21-16/h4,6-7,9,12-13H,5,8H2,1-3H3,(H,18,19,21)/t12-,13+/m1/s1. The van der Waals surface area contributed by atoms with Crippen LogP contribution in [-0.4, -0.2) is 54.7 Å². The Labute approximate surface area is 145 Å². The molecule has 1 N–H and O–H groups in total. The molecule has 4 heterocycles. The van der Waals surface area contributed by atoms with Crippen molar-refractivity contribution in [1.82, 2.24) is 34.9 Å². The molecule has 0 amide bonds. The molecule has 9 heteroatoms. The third-order valence-corrected chi connectivity index (χ3v) is 4.48. The number of nitrogens with zero attached hydrogens (tertiary/aromatic N) is 7. The molecule has 25 heavy (non-hydrogen) atoms. The van der Waals surface area contributed by atoms with Gasteiger partial charge in [0, 0.05) is 25.8 Å². The SMILES string of the molecule is CO[C@@H]1C[C@@H](c2ncn[nH]2)N(c2cncc(-n3nc(C)cc3C)n2)C1. The summed E-state index contributed by atoms with van der Waals surface area (Å²) in [6, 6.07) is 2.04. The summed E-state index contributed by atoms with van der Waals surface area (Å²) in [7, 11) is 1.73. The highest BCUT2D eigenvalue weighted by Gasteiger charge is 2.36. The Morgan fingerprint density at radius 2 is 2.08 bits per heavy atom. The lowest BCUT2D eigenvalue weighted by atomic mass is 10.2. The lowest BCUT2D eigenvalue weighted by molar-refractivity contribution is 0.118. The number of hydrogen-bond acceptors (Lipinski definition) is 7. The normalized spacial score (nSPS) is 20.4. The van der Waals surface area contributed by atoms with Crippen molar-refractivity contribution in [3.63, 3.8) is 0 Å². The van der Waals surface area contributed by atoms with E-state index in [1.165, 1.54) is 6.33 Å². The molecule has 1 aliphatic rings. The van der Waals surface area contributed by atoms with E-state index in [0.717, 1.165) is 36.0 Å². The molecule has 3 aromatic heterocycles. The maximum Gasteiger partial charge on any atom is 0.174 e. The fraction of sp³-hybridized carbons (Fsp3) is 0.438. The van der Waals surface area contributed by atoms with Crippen LogP contribution in [0.5, 0.6) is 0 Å². The number of hydrogen-bond donors (Lipinski definition) is 1. The second-order valence-corrected chi connectivity index (χ2v) is 6.21. The summed E-state index contributed by atoms with van der Waals surface area (Å²) in [5, 5.41) is 11.4. The Hall–Kier alpha value is -2.81. The second-order valence-electron chi connectivity index (χ2n) is 6.21. The molecule has 2 atom stereocenters. The van der Waals surface area contributed by atoms with Crippen LogP contribution in [0.3, 0.4) is 0 Å². The fourth-order valence-electron chi connectivity index (χ4n) is 3.30. The van der Waals surface area contributed by atoms with E-state index < -0.39 is 0 Å². The van der Waals surface area contributed by atoms with E-state index >= 15 is 0 Å². The van der Waals surface area contributed by atoms with Crippen molar-refractivity contribution in [2.45, 2.75) is 32.4 Å². The highest BCUT2D eigenvalue weighted by Crippen LogP contribution is 2.34. The van der Waals surface area contributed by atoms with Crippen molar-refractivity contribution in [3.8, 4) is 5.82 Å². The zero-order chi connectivity index (χ0) is 17.4. The number of rotatable bonds is 4. The first-order valence-corrected chi connectivity index (χ1v) is 8.16. The van der Waals surface area contributed by atoms with Gasteiger partial charge in [-0.1, -0.05) is 0 Å². The minimum atomic E-state index is 0.0254. The Balaban J connectivity index is 1.70. The van der Waals surface area contributed by atoms with E-state index in [9.17, 15) is 0 Å². The molecule has 1 saturated heterocycles. The minimum Gasteiger partial charge on any atom is -0.380 e. The van der Waals surface area contributed by atoms with Gasteiger partial charge in [0.15, 0.2) is 5.82 Å². The maximum atomic E-state index is 5.56. The van der Waals surface area contributed by atoms with Crippen LogP contribution < -0.4 is 4.90 Å². The fourth-order valence-corrected chi connectivity index (χ4v) is 3.30. The van der Waals surface area contributed by atoms with Crippen molar-refractivity contribution in [1.29, 1.82) is 0 Å². The first kappa shape index (κ1) is 15.7. The summed E-state index contributed by atoms with van der Waals surface area (Å²) in [6.07, 6.45) is 5.92. The molecular weight excluding hydrogens is 320 g/mol. The van der Waals surface area contributed by atoms with Crippen molar-refractivity contribution >= 4 is 5.82 Å². The molecule has 1 fully saturated rings. The van der Waals surface area contributed by atoms with Gasteiger partial charge < -0.3 is 9.64 Å². The van der Waals surface area contributed by atoms with Crippen molar-refractivity contribution in [2.75, 3.05) is 18.6 Å². The molecular formula is C16H20N8O. The van der Waals surface area contributed by atoms with Gasteiger partial charge in [0.1, 0.15) is 18.0 Å². The van der Waals surface area contributed by atoms with Crippen LogP contribution in [-0.2, 0) is 4.74 Å². The average molecular weight is 340 g/mol. The Bertz CT molecular complexity index is 859. The number of anilines is 1. The monoisotopic (exact) mass is 340 g/mol. The highest BCUT2D eigenvalue weighted by atomic mass is 16.5. The predicted molar refractivity (Wildman–Crippen MR) is 90.5 cm³/mol. The van der Waals surface area contributed by atoms with E-state index in [-0.39, 0.29) is 12.1 Å². The molecule has 130 valence electrons. The molecule has 0 aromatic carbocycles. The number of aromatic nitrogens is 7. The van der Waals surface area contributed by atoms with E-state index in [1.54, 1.807) is 24.2 Å². The lowest BCUT2D eigenvalue weighted by Gasteiger charge is -2.23. The summed E-state index contributed by atoms with van der Waals surface area (Å²) >= 11 is 0. The van der Waals surface area contributed by atoms with Gasteiger partial charge in [-0.15, -0.1) is 0 Å². The van der Waals surface area contributed by atoms with Gasteiger partial charge in [-0.2, -0.15) is 10.2 Å². The van der Waals surface area contributed by atoms with Gasteiger partial charge in [-0.3, -0.25) is 10.1 Å². The first-order valence-electron chi connectivity index (χ1n) is 8.16. The Morgan fingerprint density at radius 3 is 2.76 bits per heavy atom. The molecule has 0 spiro atoms. The Kier molecular flexibility index (Phi) is 3.92. The van der Waals surface area contributed by atoms with Crippen LogP contribution in [0.1, 0.15) is 29.7 Å². The van der Waals surface area contributed by atoms with Gasteiger partial charge in [0.25, 0.3) is 0 Å². The van der Waals surface area contributed by atoms with Crippen molar-refractivity contribution in [3.05, 3.63) is 42.0 Å². The van der Waals surface area contributed by atoms with Crippen LogP contribution in [0.2, 0.25) is 0 Å². The molecule has 0 saturated carbocycles. The van der Waals surface area contributed by atoms with Crippen molar-refractivity contribution in [2.24, 2.45) is 0 Å². The van der Waals surface area contributed by atoms with Gasteiger partial charge in [0.2, 0.25) is 0 Å². The number of aryl methyl sites for hydroxylation is 2. The number of H-pyrrole nitrogens is 1. The number of ether oxygens (including phenoxy) is 1. The molecule has 0 aliphatic carbocycles. The quantitative estimate of drug-likeness (QED) is 0.766. The summed E-state index contributed by atoms with van der Waals surface area (Å²) in [5.74, 6) is 2.27. The van der Waals surface area contributed by atoms with E-state index in [4.69, 9.17) is 9.72 Å². The highest BCUT2D eigenvalue weighted by molar-refractivity contribution is 5.43. The number of aromatic amines is 1. The van der Waals surface area contributed by atoms with E-state index in [0.29, 0.717) is 5.82 Å². The molecule has 0 unspecified atom stereocenters. The summed E-state index contributed by atoms with van der Waals surface area (Å²) < 4.78 is 7.36. The number of methoxy groups -OCH3 is 1. The van der Waals surface area contributed by atoms with Crippen LogP contribution >= 0.6 is 0 Å². The van der Waals surface area contributed by atoms with E-state index in [1.807, 2.05) is 19.9 Å². The van der Waals surface area contributed by atoms with Gasteiger partial charge >= 0.3 is 0 Å². The average Bonchev–Trinajstić information content (AvgIpc) is 3.33. The predicted octanol–water partition coefficient (Wildman–Crippen LogP) is 1.36. The van der Waals surface area contributed by atoms with Crippen LogP contribution in [0.15, 0.2) is 24.8 Å². The summed E-state index contributed by atoms with van der Waals surface area (Å²) in [5.41, 5.74) is 1.97. The molecule has 1 aliphatic heterocycles. The summed E-state index contributed by atoms with van der Waals surface area (Å²) in [4.78, 5) is 15.6. The molecule has 0 bridgehead atoms. The topological polar surface area (TPSA) is 97.6 Å². The smallest absolute Gasteiger partial charge is 0.174 e. The summed E-state index contributed by atoms with van der Waals surface area (Å²) in [6.45, 7) is 4.68. The van der Waals surface area contributed by atoms with E-state index in [2.05, 4.69) is 30.2 Å². The third-order valence-electron chi connectivity index (χ3n) is 4.48. The zero-order valence-electron chi connectivity index (χ0n) is 14.4. The largest absolute Gasteiger partial charge is 0.380 e.